The number of hydrogen-bond acceptors (Lipinski definition) is 4. The number of ether oxygens (including phenoxy) is 1. The molecule has 2 aliphatic heterocycles. The average molecular weight is 419 g/mol. The molecule has 2 heterocycles. The van der Waals surface area contributed by atoms with Crippen molar-refractivity contribution >= 4 is 29.2 Å². The molecular formula is C22H27ClN2O4. The van der Waals surface area contributed by atoms with Crippen LogP contribution in [0.1, 0.15) is 43.0 Å². The molecule has 29 heavy (non-hydrogen) atoms. The number of nitrogens with one attached hydrogen (secondary N) is 1. The van der Waals surface area contributed by atoms with Gasteiger partial charge in [0.15, 0.2) is 5.78 Å². The summed E-state index contributed by atoms with van der Waals surface area (Å²) >= 11 is 6.37. The Bertz CT molecular complexity index is 778. The maximum absolute atomic E-state index is 13.6. The van der Waals surface area contributed by atoms with Crippen molar-refractivity contribution in [1.82, 2.24) is 10.2 Å². The molecule has 7 heteroatoms. The highest BCUT2D eigenvalue weighted by Gasteiger charge is 2.53. The van der Waals surface area contributed by atoms with E-state index in [0.29, 0.717) is 11.5 Å². The molecule has 1 aromatic rings. The van der Waals surface area contributed by atoms with Crippen molar-refractivity contribution in [3.63, 3.8) is 0 Å². The number of fused-ring (bicyclic) bond motifs is 1. The second-order valence-corrected chi connectivity index (χ2v) is 9.09. The third kappa shape index (κ3) is 4.05. The number of halogens is 1. The van der Waals surface area contributed by atoms with E-state index in [1.54, 1.807) is 29.2 Å². The van der Waals surface area contributed by atoms with Crippen LogP contribution in [0.4, 0.5) is 0 Å². The molecule has 2 amide bonds. The Hall–Kier alpha value is -1.92. The van der Waals surface area contributed by atoms with Crippen LogP contribution in [0.25, 0.3) is 0 Å². The maximum atomic E-state index is 13.6. The second kappa shape index (κ2) is 8.44. The Balaban J connectivity index is 1.57. The summed E-state index contributed by atoms with van der Waals surface area (Å²) in [7, 11) is 0. The van der Waals surface area contributed by atoms with Crippen LogP contribution in [0, 0.1) is 11.8 Å². The highest BCUT2D eigenvalue weighted by atomic mass is 35.5. The number of likely N-dealkylation sites (tertiary alicyclic amines) is 1. The number of nitrogens with zero attached hydrogens (tertiary/aromatic N) is 1. The first-order valence-corrected chi connectivity index (χ1v) is 10.8. The van der Waals surface area contributed by atoms with Crippen LogP contribution in [0.3, 0.4) is 0 Å². The molecule has 3 fully saturated rings. The zero-order valence-corrected chi connectivity index (χ0v) is 17.3. The van der Waals surface area contributed by atoms with Gasteiger partial charge in [-0.1, -0.05) is 38.0 Å². The van der Waals surface area contributed by atoms with Crippen molar-refractivity contribution in [3.05, 3.63) is 35.9 Å². The van der Waals surface area contributed by atoms with E-state index >= 15 is 0 Å². The van der Waals surface area contributed by atoms with Crippen molar-refractivity contribution in [2.75, 3.05) is 13.2 Å². The van der Waals surface area contributed by atoms with E-state index in [2.05, 4.69) is 12.2 Å². The van der Waals surface area contributed by atoms with Gasteiger partial charge in [0, 0.05) is 12.1 Å². The Morgan fingerprint density at radius 1 is 1.17 bits per heavy atom. The fraction of sp³-hybridized carbons (Fsp3) is 0.591. The second-order valence-electron chi connectivity index (χ2n) is 8.53. The Morgan fingerprint density at radius 3 is 2.55 bits per heavy atom. The van der Waals surface area contributed by atoms with Crippen LogP contribution in [-0.4, -0.2) is 59.2 Å². The molecule has 0 radical (unpaired) electrons. The number of alkyl halides is 1. The van der Waals surface area contributed by atoms with E-state index in [0.717, 1.165) is 25.7 Å². The van der Waals surface area contributed by atoms with Gasteiger partial charge in [-0.3, -0.25) is 14.4 Å². The van der Waals surface area contributed by atoms with Gasteiger partial charge < -0.3 is 15.0 Å². The zero-order chi connectivity index (χ0) is 20.5. The van der Waals surface area contributed by atoms with Gasteiger partial charge in [-0.05, 0) is 36.8 Å². The fourth-order valence-corrected chi connectivity index (χ4v) is 5.18. The molecular weight excluding hydrogens is 392 g/mol. The Morgan fingerprint density at radius 2 is 1.86 bits per heavy atom. The highest BCUT2D eigenvalue weighted by Crippen LogP contribution is 2.35. The Labute approximate surface area is 175 Å². The lowest BCUT2D eigenvalue weighted by Crippen LogP contribution is -2.55. The summed E-state index contributed by atoms with van der Waals surface area (Å²) in [4.78, 5) is 40.3. The van der Waals surface area contributed by atoms with Crippen LogP contribution in [0.15, 0.2) is 30.3 Å². The molecule has 156 valence electrons. The standard InChI is InChI=1S/C22H27ClN2O4/c1-13-7-9-14(10-8-13)18(24-21(27)15-5-3-2-4-6-15)22(28)25-11-16(23)20-19(25)17(26)12-29-20/h2-6,13-14,16,18-20H,7-12H2,1H3,(H,24,27)/t13-,14-,16-,18?,19-,20-/m1/s1. The summed E-state index contributed by atoms with van der Waals surface area (Å²) in [6.07, 6.45) is 3.36. The molecule has 6 nitrogen and oxygen atoms in total. The first kappa shape index (κ1) is 20.4. The smallest absolute Gasteiger partial charge is 0.251 e. The molecule has 1 saturated carbocycles. The maximum Gasteiger partial charge on any atom is 0.251 e. The highest BCUT2D eigenvalue weighted by molar-refractivity contribution is 6.22. The third-order valence-electron chi connectivity index (χ3n) is 6.53. The number of carbonyl (C=O) groups excluding carboxylic acids is 3. The van der Waals surface area contributed by atoms with Crippen LogP contribution in [0.2, 0.25) is 0 Å². The van der Waals surface area contributed by atoms with E-state index in [9.17, 15) is 14.4 Å². The van der Waals surface area contributed by atoms with Gasteiger partial charge in [0.25, 0.3) is 5.91 Å². The topological polar surface area (TPSA) is 75.7 Å². The van der Waals surface area contributed by atoms with Crippen molar-refractivity contribution in [3.8, 4) is 0 Å². The first-order chi connectivity index (χ1) is 14.0. The van der Waals surface area contributed by atoms with Crippen molar-refractivity contribution in [2.24, 2.45) is 11.8 Å². The van der Waals surface area contributed by atoms with E-state index in [4.69, 9.17) is 16.3 Å². The molecule has 0 bridgehead atoms. The molecule has 1 unspecified atom stereocenters. The molecule has 1 N–H and O–H groups in total. The predicted octanol–water partition coefficient (Wildman–Crippen LogP) is 2.40. The molecule has 1 aliphatic carbocycles. The normalized spacial score (nSPS) is 32.7. The SMILES string of the molecule is C[C@H]1CC[C@H](C(NC(=O)c2ccccc2)C(=O)N2C[C@@H](Cl)[C@H]3OCC(=O)[C@H]32)CC1. The van der Waals surface area contributed by atoms with Crippen molar-refractivity contribution < 1.29 is 19.1 Å². The van der Waals surface area contributed by atoms with Gasteiger partial charge in [-0.15, -0.1) is 11.6 Å². The minimum Gasteiger partial charge on any atom is -0.366 e. The van der Waals surface area contributed by atoms with E-state index in [-0.39, 0.29) is 36.7 Å². The lowest BCUT2D eigenvalue weighted by molar-refractivity contribution is -0.139. The first-order valence-electron chi connectivity index (χ1n) is 10.4. The van der Waals surface area contributed by atoms with Crippen LogP contribution in [-0.2, 0) is 14.3 Å². The lowest BCUT2D eigenvalue weighted by atomic mass is 9.78. The zero-order valence-electron chi connectivity index (χ0n) is 16.6. The number of amides is 2. The van der Waals surface area contributed by atoms with Crippen LogP contribution < -0.4 is 5.32 Å². The predicted molar refractivity (Wildman–Crippen MR) is 109 cm³/mol. The van der Waals surface area contributed by atoms with E-state index in [1.807, 2.05) is 6.07 Å². The summed E-state index contributed by atoms with van der Waals surface area (Å²) < 4.78 is 5.51. The molecule has 4 atom stereocenters. The van der Waals surface area contributed by atoms with Gasteiger partial charge in [0.2, 0.25) is 5.91 Å². The molecule has 0 spiro atoms. The number of rotatable bonds is 4. The van der Waals surface area contributed by atoms with Gasteiger partial charge in [-0.25, -0.2) is 0 Å². The molecule has 1 aromatic carbocycles. The van der Waals surface area contributed by atoms with E-state index in [1.165, 1.54) is 0 Å². The van der Waals surface area contributed by atoms with Gasteiger partial charge in [0.1, 0.15) is 24.8 Å². The van der Waals surface area contributed by atoms with Gasteiger partial charge >= 0.3 is 0 Å². The summed E-state index contributed by atoms with van der Waals surface area (Å²) in [6.45, 7) is 2.47. The number of ketones is 1. The molecule has 2 saturated heterocycles. The quantitative estimate of drug-likeness (QED) is 0.762. The van der Waals surface area contributed by atoms with Crippen LogP contribution in [0.5, 0.6) is 0 Å². The summed E-state index contributed by atoms with van der Waals surface area (Å²) in [5.41, 5.74) is 0.518. The minimum atomic E-state index is -0.661. The van der Waals surface area contributed by atoms with Gasteiger partial charge in [-0.2, -0.15) is 0 Å². The summed E-state index contributed by atoms with van der Waals surface area (Å²) in [6, 6.07) is 7.61. The number of Topliss-reactive ketones (excluding diaryl/α,β-unsaturated/α-hetero) is 1. The molecule has 4 rings (SSSR count). The monoisotopic (exact) mass is 418 g/mol. The third-order valence-corrected chi connectivity index (χ3v) is 6.91. The van der Waals surface area contributed by atoms with E-state index < -0.39 is 23.6 Å². The molecule has 3 aliphatic rings. The van der Waals surface area contributed by atoms with Crippen molar-refractivity contribution in [1.29, 1.82) is 0 Å². The number of hydrogen-bond donors (Lipinski definition) is 1. The van der Waals surface area contributed by atoms with Gasteiger partial charge in [0.05, 0.1) is 5.38 Å². The van der Waals surface area contributed by atoms with Crippen LogP contribution >= 0.6 is 11.6 Å². The summed E-state index contributed by atoms with van der Waals surface area (Å²) in [5.74, 6) is 0.0779. The fourth-order valence-electron chi connectivity index (χ4n) is 4.82. The Kier molecular flexibility index (Phi) is 5.93. The summed E-state index contributed by atoms with van der Waals surface area (Å²) in [5, 5.41) is 2.57. The number of benzene rings is 1. The lowest BCUT2D eigenvalue weighted by Gasteiger charge is -2.35. The van der Waals surface area contributed by atoms with Crippen molar-refractivity contribution in [2.45, 2.75) is 56.2 Å². The number of carbonyl (C=O) groups is 3. The average Bonchev–Trinajstić information content (AvgIpc) is 3.28. The largest absolute Gasteiger partial charge is 0.366 e. The minimum absolute atomic E-state index is 0.00961. The molecule has 0 aromatic heterocycles.